The highest BCUT2D eigenvalue weighted by Gasteiger charge is 2.11. The summed E-state index contributed by atoms with van der Waals surface area (Å²) in [5, 5.41) is 2.61. The fraction of sp³-hybridized carbons (Fsp3) is 0.636. The molecule has 1 aromatic rings. The normalized spacial score (nSPS) is 10.8. The minimum Gasteiger partial charge on any atom is -0.461 e. The highest BCUT2D eigenvalue weighted by atomic mass is 32.1. The molecule has 1 aromatic heterocycles. The van der Waals surface area contributed by atoms with Crippen LogP contribution in [-0.2, 0) is 11.2 Å². The van der Waals surface area contributed by atoms with Crippen molar-refractivity contribution in [2.45, 2.75) is 26.7 Å². The van der Waals surface area contributed by atoms with E-state index in [-0.39, 0.29) is 5.97 Å². The summed E-state index contributed by atoms with van der Waals surface area (Å²) < 4.78 is 5.10. The van der Waals surface area contributed by atoms with E-state index in [0.717, 1.165) is 11.4 Å². The average Bonchev–Trinajstić information content (AvgIpc) is 2.66. The van der Waals surface area contributed by atoms with E-state index in [2.05, 4.69) is 18.8 Å². The molecule has 0 saturated carbocycles. The maximum atomic E-state index is 11.5. The van der Waals surface area contributed by atoms with Gasteiger partial charge in [-0.2, -0.15) is 0 Å². The van der Waals surface area contributed by atoms with Crippen LogP contribution in [0.3, 0.4) is 0 Å². The van der Waals surface area contributed by atoms with Gasteiger partial charge in [-0.1, -0.05) is 13.8 Å². The van der Waals surface area contributed by atoms with Crippen LogP contribution in [0.1, 0.15) is 35.8 Å². The van der Waals surface area contributed by atoms with Crippen molar-refractivity contribution < 1.29 is 9.53 Å². The summed E-state index contributed by atoms with van der Waals surface area (Å²) in [7, 11) is 0. The molecule has 0 aromatic carbocycles. The monoisotopic (exact) mass is 242 g/mol. The Hall–Kier alpha value is -0.940. The van der Waals surface area contributed by atoms with Gasteiger partial charge in [0.1, 0.15) is 0 Å². The summed E-state index contributed by atoms with van der Waals surface area (Å²) >= 11 is 1.45. The quantitative estimate of drug-likeness (QED) is 0.773. The van der Waals surface area contributed by atoms with E-state index in [0.29, 0.717) is 31.2 Å². The molecule has 2 N–H and O–H groups in total. The molecule has 0 fully saturated rings. The zero-order valence-electron chi connectivity index (χ0n) is 9.73. The highest BCUT2D eigenvalue weighted by Crippen LogP contribution is 2.11. The first-order chi connectivity index (χ1) is 7.63. The largest absolute Gasteiger partial charge is 0.461 e. The Balaban J connectivity index is 2.40. The molecule has 90 valence electrons. The van der Waals surface area contributed by atoms with Crippen LogP contribution in [0.5, 0.6) is 0 Å². The number of nitrogens with zero attached hydrogens (tertiary/aromatic N) is 1. The van der Waals surface area contributed by atoms with Crippen molar-refractivity contribution in [1.82, 2.24) is 4.98 Å². The van der Waals surface area contributed by atoms with E-state index < -0.39 is 0 Å². The predicted octanol–water partition coefficient (Wildman–Crippen LogP) is 1.85. The van der Waals surface area contributed by atoms with Crippen LogP contribution in [0, 0.1) is 5.92 Å². The molecular formula is C11H18N2O2S. The van der Waals surface area contributed by atoms with Gasteiger partial charge in [0.25, 0.3) is 0 Å². The molecule has 0 bridgehead atoms. The predicted molar refractivity (Wildman–Crippen MR) is 64.6 cm³/mol. The Morgan fingerprint density at radius 2 is 2.38 bits per heavy atom. The molecule has 0 aliphatic carbocycles. The number of nitrogens with two attached hydrogens (primary N) is 1. The van der Waals surface area contributed by atoms with Gasteiger partial charge in [-0.15, -0.1) is 11.3 Å². The molecule has 0 unspecified atom stereocenters. The van der Waals surface area contributed by atoms with Crippen molar-refractivity contribution in [3.8, 4) is 0 Å². The Morgan fingerprint density at radius 3 is 3.00 bits per heavy atom. The van der Waals surface area contributed by atoms with Crippen molar-refractivity contribution >= 4 is 17.3 Å². The average molecular weight is 242 g/mol. The summed E-state index contributed by atoms with van der Waals surface area (Å²) in [6.45, 7) is 5.20. The highest BCUT2D eigenvalue weighted by molar-refractivity contribution is 7.09. The molecule has 5 heteroatoms. The number of rotatable bonds is 6. The van der Waals surface area contributed by atoms with Gasteiger partial charge in [0.15, 0.2) is 5.69 Å². The topological polar surface area (TPSA) is 65.2 Å². The molecule has 1 rings (SSSR count). The van der Waals surface area contributed by atoms with E-state index in [4.69, 9.17) is 10.5 Å². The maximum absolute atomic E-state index is 11.5. The third-order valence-electron chi connectivity index (χ3n) is 2.05. The molecule has 0 radical (unpaired) electrons. The van der Waals surface area contributed by atoms with Crippen molar-refractivity contribution in [2.24, 2.45) is 11.7 Å². The van der Waals surface area contributed by atoms with Gasteiger partial charge in [0.05, 0.1) is 11.6 Å². The number of aromatic nitrogens is 1. The lowest BCUT2D eigenvalue weighted by atomic mass is 10.1. The maximum Gasteiger partial charge on any atom is 0.357 e. The number of esters is 1. The second-order valence-corrected chi connectivity index (χ2v) is 4.93. The van der Waals surface area contributed by atoms with Crippen molar-refractivity contribution in [2.75, 3.05) is 13.2 Å². The van der Waals surface area contributed by atoms with Crippen LogP contribution in [-0.4, -0.2) is 24.1 Å². The lowest BCUT2D eigenvalue weighted by molar-refractivity contribution is 0.0482. The Labute approximate surface area is 99.8 Å². The molecule has 4 nitrogen and oxygen atoms in total. The van der Waals surface area contributed by atoms with Gasteiger partial charge in [-0.3, -0.25) is 0 Å². The molecule has 0 aliphatic heterocycles. The second-order valence-electron chi connectivity index (χ2n) is 3.98. The van der Waals surface area contributed by atoms with Gasteiger partial charge >= 0.3 is 5.97 Å². The first-order valence-electron chi connectivity index (χ1n) is 5.45. The smallest absolute Gasteiger partial charge is 0.357 e. The van der Waals surface area contributed by atoms with Gasteiger partial charge in [-0.25, -0.2) is 9.78 Å². The Morgan fingerprint density at radius 1 is 1.62 bits per heavy atom. The van der Waals surface area contributed by atoms with Crippen molar-refractivity contribution in [3.63, 3.8) is 0 Å². The van der Waals surface area contributed by atoms with Crippen LogP contribution in [0.2, 0.25) is 0 Å². The first kappa shape index (κ1) is 13.1. The standard InChI is InChI=1S/C11H18N2O2S/c1-8(2)4-6-15-11(14)9-7-16-10(13-9)3-5-12/h7-8H,3-6,12H2,1-2H3. The summed E-state index contributed by atoms with van der Waals surface area (Å²) in [5.74, 6) is 0.205. The molecule has 0 atom stereocenters. The molecule has 16 heavy (non-hydrogen) atoms. The molecular weight excluding hydrogens is 224 g/mol. The van der Waals surface area contributed by atoms with E-state index in [1.807, 2.05) is 0 Å². The van der Waals surface area contributed by atoms with Gasteiger partial charge in [0.2, 0.25) is 0 Å². The van der Waals surface area contributed by atoms with Crippen molar-refractivity contribution in [3.05, 3.63) is 16.1 Å². The first-order valence-corrected chi connectivity index (χ1v) is 6.33. The van der Waals surface area contributed by atoms with Gasteiger partial charge < -0.3 is 10.5 Å². The third kappa shape index (κ3) is 4.28. The molecule has 1 heterocycles. The molecule has 0 aliphatic rings. The fourth-order valence-electron chi connectivity index (χ4n) is 1.10. The minimum atomic E-state index is -0.333. The summed E-state index contributed by atoms with van der Waals surface area (Å²) in [4.78, 5) is 15.7. The van der Waals surface area contributed by atoms with Gasteiger partial charge in [0, 0.05) is 11.8 Å². The number of ether oxygens (including phenoxy) is 1. The second kappa shape index (κ2) is 6.60. The van der Waals surface area contributed by atoms with Crippen LogP contribution >= 0.6 is 11.3 Å². The molecule has 0 spiro atoms. The van der Waals surface area contributed by atoms with E-state index in [9.17, 15) is 4.79 Å². The molecule has 0 saturated heterocycles. The van der Waals surface area contributed by atoms with Crippen LogP contribution < -0.4 is 5.73 Å². The zero-order valence-corrected chi connectivity index (χ0v) is 10.5. The number of carbonyl (C=O) groups is 1. The van der Waals surface area contributed by atoms with Crippen LogP contribution in [0.4, 0.5) is 0 Å². The zero-order chi connectivity index (χ0) is 12.0. The number of hydrogen-bond acceptors (Lipinski definition) is 5. The fourth-order valence-corrected chi connectivity index (χ4v) is 1.89. The van der Waals surface area contributed by atoms with E-state index >= 15 is 0 Å². The Bertz CT molecular complexity index is 336. The SMILES string of the molecule is CC(C)CCOC(=O)c1csc(CCN)n1. The third-order valence-corrected chi connectivity index (χ3v) is 2.96. The lowest BCUT2D eigenvalue weighted by Crippen LogP contribution is -2.09. The van der Waals surface area contributed by atoms with E-state index in [1.165, 1.54) is 11.3 Å². The summed E-state index contributed by atoms with van der Waals surface area (Å²) in [6, 6.07) is 0. The van der Waals surface area contributed by atoms with Crippen molar-refractivity contribution in [1.29, 1.82) is 0 Å². The number of hydrogen-bond donors (Lipinski definition) is 1. The lowest BCUT2D eigenvalue weighted by Gasteiger charge is -2.04. The number of thiazole rings is 1. The molecule has 0 amide bonds. The van der Waals surface area contributed by atoms with Crippen LogP contribution in [0.25, 0.3) is 0 Å². The Kier molecular flexibility index (Phi) is 5.42. The summed E-state index contributed by atoms with van der Waals surface area (Å²) in [5.41, 5.74) is 5.81. The van der Waals surface area contributed by atoms with E-state index in [1.54, 1.807) is 5.38 Å². The minimum absolute atomic E-state index is 0.333. The van der Waals surface area contributed by atoms with Gasteiger partial charge in [-0.05, 0) is 18.9 Å². The number of carbonyl (C=O) groups excluding carboxylic acids is 1. The summed E-state index contributed by atoms with van der Waals surface area (Å²) in [6.07, 6.45) is 1.59. The van der Waals surface area contributed by atoms with Crippen LogP contribution in [0.15, 0.2) is 5.38 Å².